The molecule has 1 aromatic carbocycles. The molecule has 6 heteroatoms. The van der Waals surface area contributed by atoms with Gasteiger partial charge in [0, 0.05) is 23.6 Å². The first-order valence-corrected chi connectivity index (χ1v) is 11.3. The van der Waals surface area contributed by atoms with Gasteiger partial charge in [0.05, 0.1) is 12.2 Å². The molecule has 5 nitrogen and oxygen atoms in total. The van der Waals surface area contributed by atoms with Crippen molar-refractivity contribution in [2.24, 2.45) is 5.92 Å². The molecule has 0 N–H and O–H groups in total. The number of nitrogens with zero attached hydrogens (tertiary/aromatic N) is 4. The Bertz CT molecular complexity index is 1070. The first-order chi connectivity index (χ1) is 15.6. The number of allylic oxidation sites excluding steroid dienone is 8. The second-order valence-corrected chi connectivity index (χ2v) is 8.56. The number of carbonyl (C=O) groups excluding carboxylic acids is 1. The van der Waals surface area contributed by atoms with E-state index in [1.165, 1.54) is 0 Å². The number of carbonyl (C=O) groups is 1. The van der Waals surface area contributed by atoms with Crippen LogP contribution in [-0.4, -0.2) is 38.4 Å². The van der Waals surface area contributed by atoms with E-state index in [9.17, 15) is 4.79 Å². The molecule has 2 aliphatic carbocycles. The van der Waals surface area contributed by atoms with Gasteiger partial charge in [-0.15, -0.1) is 5.10 Å². The van der Waals surface area contributed by atoms with Crippen molar-refractivity contribution in [2.75, 3.05) is 6.54 Å². The van der Waals surface area contributed by atoms with Crippen LogP contribution in [0.1, 0.15) is 44.0 Å². The van der Waals surface area contributed by atoms with E-state index in [1.807, 2.05) is 29.3 Å². The standard InChI is InChI=1S/C22H24N4O.C5H6.Fe/c1-16(2)14-25-20(13-12-17-8-4-3-5-9-17)21(22(25)27)26-15-19(23-24-26)18-10-6-7-11-18;1-2-4-5-3-1;/h3-6,8-13,15-16,20-21H,7,14H2,1-2H3;1-4H,5H2;/b13-12+;;/t20-,21?;;/m1../s1. The molecule has 0 saturated carbocycles. The zero-order chi connectivity index (χ0) is 22.3. The second kappa shape index (κ2) is 11.8. The van der Waals surface area contributed by atoms with Gasteiger partial charge in [0.25, 0.3) is 5.91 Å². The van der Waals surface area contributed by atoms with E-state index < -0.39 is 0 Å². The van der Waals surface area contributed by atoms with Crippen molar-refractivity contribution in [3.63, 3.8) is 0 Å². The van der Waals surface area contributed by atoms with Crippen molar-refractivity contribution in [3.05, 3.63) is 96.4 Å². The first kappa shape index (κ1) is 24.7. The maximum Gasteiger partial charge on any atom is 0.250 e. The van der Waals surface area contributed by atoms with Gasteiger partial charge >= 0.3 is 0 Å². The molecule has 0 bridgehead atoms. The number of likely N-dealkylation sites (tertiary alicyclic amines) is 1. The Morgan fingerprint density at radius 2 is 1.85 bits per heavy atom. The van der Waals surface area contributed by atoms with E-state index in [1.54, 1.807) is 4.68 Å². The van der Waals surface area contributed by atoms with Gasteiger partial charge in [-0.2, -0.15) is 0 Å². The summed E-state index contributed by atoms with van der Waals surface area (Å²) in [5.41, 5.74) is 3.02. The number of hydrogen-bond donors (Lipinski definition) is 0. The molecule has 1 fully saturated rings. The minimum absolute atomic E-state index is 0. The summed E-state index contributed by atoms with van der Waals surface area (Å²) in [6.07, 6.45) is 22.8. The van der Waals surface area contributed by atoms with E-state index in [0.29, 0.717) is 5.92 Å². The van der Waals surface area contributed by atoms with Crippen LogP contribution in [0.5, 0.6) is 0 Å². The summed E-state index contributed by atoms with van der Waals surface area (Å²) in [7, 11) is 0. The Morgan fingerprint density at radius 1 is 1.09 bits per heavy atom. The van der Waals surface area contributed by atoms with Gasteiger partial charge in [0.2, 0.25) is 0 Å². The summed E-state index contributed by atoms with van der Waals surface area (Å²) in [6.45, 7) is 5.00. The molecule has 1 saturated heterocycles. The van der Waals surface area contributed by atoms with E-state index in [2.05, 4.69) is 91.0 Å². The smallest absolute Gasteiger partial charge is 0.250 e. The maximum atomic E-state index is 12.8. The molecule has 0 spiro atoms. The number of hydrogen-bond acceptors (Lipinski definition) is 3. The monoisotopic (exact) mass is 482 g/mol. The van der Waals surface area contributed by atoms with Crippen LogP contribution in [0.2, 0.25) is 0 Å². The van der Waals surface area contributed by atoms with Crippen LogP contribution in [-0.2, 0) is 21.9 Å². The predicted octanol–water partition coefficient (Wildman–Crippen LogP) is 5.24. The Kier molecular flexibility index (Phi) is 8.81. The average Bonchev–Trinajstić information content (AvgIpc) is 3.59. The largest absolute Gasteiger partial charge is 0.331 e. The summed E-state index contributed by atoms with van der Waals surface area (Å²) in [4.78, 5) is 14.8. The Hall–Kier alpha value is -2.95. The van der Waals surface area contributed by atoms with Gasteiger partial charge in [-0.05, 0) is 29.9 Å². The number of amides is 1. The fraction of sp³-hybridized carbons (Fsp3) is 0.296. The predicted molar refractivity (Wildman–Crippen MR) is 130 cm³/mol. The van der Waals surface area contributed by atoms with Crippen molar-refractivity contribution in [2.45, 2.75) is 38.8 Å². The molecule has 5 rings (SSSR count). The third-order valence-corrected chi connectivity index (χ3v) is 5.58. The maximum absolute atomic E-state index is 12.8. The molecule has 2 heterocycles. The van der Waals surface area contributed by atoms with Crippen LogP contribution in [0.15, 0.2) is 85.1 Å². The summed E-state index contributed by atoms with van der Waals surface area (Å²) in [5.74, 6) is 0.529. The third kappa shape index (κ3) is 6.10. The van der Waals surface area contributed by atoms with Crippen LogP contribution in [0, 0.1) is 5.92 Å². The third-order valence-electron chi connectivity index (χ3n) is 5.58. The number of benzene rings is 1. The normalized spacial score (nSPS) is 20.6. The van der Waals surface area contributed by atoms with Crippen molar-refractivity contribution in [3.8, 4) is 0 Å². The van der Waals surface area contributed by atoms with E-state index in [-0.39, 0.29) is 35.1 Å². The Morgan fingerprint density at radius 3 is 2.45 bits per heavy atom. The Labute approximate surface area is 206 Å². The van der Waals surface area contributed by atoms with Crippen molar-refractivity contribution < 1.29 is 21.9 Å². The summed E-state index contributed by atoms with van der Waals surface area (Å²) < 4.78 is 1.72. The zero-order valence-electron chi connectivity index (χ0n) is 19.1. The number of rotatable bonds is 6. The van der Waals surface area contributed by atoms with Gasteiger partial charge in [-0.1, -0.05) is 104 Å². The van der Waals surface area contributed by atoms with Crippen LogP contribution in [0.3, 0.4) is 0 Å². The Balaban J connectivity index is 0.000000453. The van der Waals surface area contributed by atoms with E-state index >= 15 is 0 Å². The average molecular weight is 482 g/mol. The van der Waals surface area contributed by atoms with Crippen LogP contribution in [0.4, 0.5) is 0 Å². The SMILES string of the molecule is C1=CCC=C1.CC(C)CN1C(=O)C(n2cc(C3=CCC=C3)nn2)[C@H]1/C=C/c1ccccc1.[Fe]. The molecule has 172 valence electrons. The van der Waals surface area contributed by atoms with Crippen LogP contribution >= 0.6 is 0 Å². The van der Waals surface area contributed by atoms with Crippen molar-refractivity contribution in [1.82, 2.24) is 19.9 Å². The summed E-state index contributed by atoms with van der Waals surface area (Å²) in [5, 5.41) is 8.54. The van der Waals surface area contributed by atoms with Gasteiger partial charge in [0.15, 0.2) is 6.04 Å². The molecule has 1 amide bonds. The molecule has 0 radical (unpaired) electrons. The second-order valence-electron chi connectivity index (χ2n) is 8.56. The molecule has 33 heavy (non-hydrogen) atoms. The first-order valence-electron chi connectivity index (χ1n) is 11.3. The fourth-order valence-corrected chi connectivity index (χ4v) is 3.99. The van der Waals surface area contributed by atoms with E-state index in [0.717, 1.165) is 36.2 Å². The molecule has 3 aliphatic rings. The van der Waals surface area contributed by atoms with Gasteiger partial charge in [0.1, 0.15) is 5.69 Å². The van der Waals surface area contributed by atoms with Crippen molar-refractivity contribution in [1.29, 1.82) is 0 Å². The minimum Gasteiger partial charge on any atom is -0.331 e. The molecule has 2 atom stereocenters. The molecular weight excluding hydrogens is 452 g/mol. The number of aromatic nitrogens is 3. The topological polar surface area (TPSA) is 51.0 Å². The van der Waals surface area contributed by atoms with Crippen LogP contribution < -0.4 is 0 Å². The zero-order valence-corrected chi connectivity index (χ0v) is 20.2. The molecule has 1 aromatic heterocycles. The van der Waals surface area contributed by atoms with Gasteiger partial charge < -0.3 is 4.90 Å². The van der Waals surface area contributed by atoms with Crippen LogP contribution in [0.25, 0.3) is 11.6 Å². The summed E-state index contributed by atoms with van der Waals surface area (Å²) in [6, 6.07) is 9.82. The molecule has 1 aliphatic heterocycles. The van der Waals surface area contributed by atoms with E-state index in [4.69, 9.17) is 0 Å². The molecule has 1 unspecified atom stereocenters. The molecule has 2 aromatic rings. The number of β-lactam (4-membered cyclic amide) rings is 1. The van der Waals surface area contributed by atoms with Crippen molar-refractivity contribution >= 4 is 17.6 Å². The van der Waals surface area contributed by atoms with Gasteiger partial charge in [-0.25, -0.2) is 4.68 Å². The van der Waals surface area contributed by atoms with Gasteiger partial charge in [-0.3, -0.25) is 4.79 Å². The fourth-order valence-electron chi connectivity index (χ4n) is 3.99. The molecular formula is C27H30FeN4O. The summed E-state index contributed by atoms with van der Waals surface area (Å²) >= 11 is 0. The minimum atomic E-state index is -0.323. The quantitative estimate of drug-likeness (QED) is 0.418.